The van der Waals surface area contributed by atoms with E-state index in [2.05, 4.69) is 27.6 Å². The van der Waals surface area contributed by atoms with Crippen LogP contribution in [-0.2, 0) is 0 Å². The maximum absolute atomic E-state index is 3.83. The van der Waals surface area contributed by atoms with Crippen molar-refractivity contribution in [2.24, 2.45) is 0 Å². The first-order chi connectivity index (χ1) is 11.1. The van der Waals surface area contributed by atoms with Gasteiger partial charge in [0.1, 0.15) is 0 Å². The molecule has 1 heteroatoms. The lowest BCUT2D eigenvalue weighted by Gasteiger charge is -2.29. The largest absolute Gasteiger partial charge is 0.328 e. The van der Waals surface area contributed by atoms with Crippen molar-refractivity contribution in [2.45, 2.75) is 103 Å². The molecular formula is C22H46N+. The Hall–Kier alpha value is -0.300. The fourth-order valence-corrected chi connectivity index (χ4v) is 3.29. The summed E-state index contributed by atoms with van der Waals surface area (Å²) in [6.45, 7) is 8.68. The minimum atomic E-state index is 1.14. The second-order valence-electron chi connectivity index (χ2n) is 8.06. The third-order valence-corrected chi connectivity index (χ3v) is 5.06. The van der Waals surface area contributed by atoms with Gasteiger partial charge in [0.05, 0.1) is 27.2 Å². The number of hydrogen-bond acceptors (Lipinski definition) is 0. The second kappa shape index (κ2) is 16.6. The zero-order chi connectivity index (χ0) is 17.2. The maximum atomic E-state index is 3.83. The molecule has 0 N–H and O–H groups in total. The molecule has 1 nitrogen and oxygen atoms in total. The van der Waals surface area contributed by atoms with Gasteiger partial charge in [0, 0.05) is 6.42 Å². The molecule has 0 bridgehead atoms. The third kappa shape index (κ3) is 17.9. The molecule has 0 aliphatic rings. The van der Waals surface area contributed by atoms with Crippen LogP contribution < -0.4 is 0 Å². The van der Waals surface area contributed by atoms with Gasteiger partial charge in [0.25, 0.3) is 0 Å². The average molecular weight is 325 g/mol. The van der Waals surface area contributed by atoms with Crippen LogP contribution in [0.15, 0.2) is 12.7 Å². The van der Waals surface area contributed by atoms with Gasteiger partial charge in [-0.25, -0.2) is 0 Å². The first-order valence-electron chi connectivity index (χ1n) is 10.6. The number of hydrogen-bond donors (Lipinski definition) is 0. The Kier molecular flexibility index (Phi) is 16.3. The molecule has 0 radical (unpaired) electrons. The number of unbranched alkanes of at least 4 members (excludes halogenated alkanes) is 13. The summed E-state index contributed by atoms with van der Waals surface area (Å²) in [6, 6.07) is 0. The molecule has 0 amide bonds. The molecule has 0 fully saturated rings. The summed E-state index contributed by atoms with van der Waals surface area (Å²) >= 11 is 0. The van der Waals surface area contributed by atoms with Gasteiger partial charge in [0.2, 0.25) is 0 Å². The van der Waals surface area contributed by atoms with Crippen LogP contribution in [0.25, 0.3) is 0 Å². The molecule has 138 valence electrons. The van der Waals surface area contributed by atoms with Crippen molar-refractivity contribution in [2.75, 3.05) is 27.2 Å². The molecule has 23 heavy (non-hydrogen) atoms. The highest BCUT2D eigenvalue weighted by molar-refractivity contribution is 4.64. The van der Waals surface area contributed by atoms with E-state index in [1.54, 1.807) is 0 Å². The van der Waals surface area contributed by atoms with Gasteiger partial charge >= 0.3 is 0 Å². The Bertz CT molecular complexity index is 244. The summed E-state index contributed by atoms with van der Waals surface area (Å²) in [5, 5.41) is 0. The summed E-state index contributed by atoms with van der Waals surface area (Å²) in [5.74, 6) is 0. The molecule has 0 aliphatic heterocycles. The number of nitrogens with zero attached hydrogens (tertiary/aromatic N) is 1. The maximum Gasteiger partial charge on any atom is 0.0817 e. The van der Waals surface area contributed by atoms with Crippen LogP contribution in [0.3, 0.4) is 0 Å². The smallest absolute Gasteiger partial charge is 0.0817 e. The zero-order valence-corrected chi connectivity index (χ0v) is 16.8. The molecule has 0 atom stereocenters. The highest BCUT2D eigenvalue weighted by Crippen LogP contribution is 2.13. The summed E-state index contributed by atoms with van der Waals surface area (Å²) < 4.78 is 1.16. The van der Waals surface area contributed by atoms with Crippen LogP contribution >= 0.6 is 0 Å². The molecule has 0 aromatic rings. The Morgan fingerprint density at radius 2 is 1.00 bits per heavy atom. The molecule has 0 heterocycles. The summed E-state index contributed by atoms with van der Waals surface area (Å²) in [5.41, 5.74) is 0. The highest BCUT2D eigenvalue weighted by Gasteiger charge is 2.12. The summed E-state index contributed by atoms with van der Waals surface area (Å²) in [4.78, 5) is 0. The molecule has 0 rings (SSSR count). The van der Waals surface area contributed by atoms with E-state index in [4.69, 9.17) is 0 Å². The van der Waals surface area contributed by atoms with Gasteiger partial charge in [-0.15, -0.1) is 6.58 Å². The summed E-state index contributed by atoms with van der Waals surface area (Å²) in [7, 11) is 4.71. The first-order valence-corrected chi connectivity index (χ1v) is 10.6. The van der Waals surface area contributed by atoms with Crippen molar-refractivity contribution in [1.82, 2.24) is 0 Å². The van der Waals surface area contributed by atoms with Crippen LogP contribution in [0.4, 0.5) is 0 Å². The van der Waals surface area contributed by atoms with Gasteiger partial charge in [-0.1, -0.05) is 90.0 Å². The van der Waals surface area contributed by atoms with Gasteiger partial charge < -0.3 is 4.48 Å². The van der Waals surface area contributed by atoms with E-state index in [9.17, 15) is 0 Å². The molecule has 0 aliphatic carbocycles. The van der Waals surface area contributed by atoms with Crippen LogP contribution in [0.5, 0.6) is 0 Å². The van der Waals surface area contributed by atoms with Crippen molar-refractivity contribution in [1.29, 1.82) is 0 Å². The van der Waals surface area contributed by atoms with Crippen molar-refractivity contribution in [3.05, 3.63) is 12.7 Å². The van der Waals surface area contributed by atoms with Crippen molar-refractivity contribution >= 4 is 0 Å². The second-order valence-corrected chi connectivity index (χ2v) is 8.06. The minimum Gasteiger partial charge on any atom is -0.328 e. The van der Waals surface area contributed by atoms with E-state index < -0.39 is 0 Å². The van der Waals surface area contributed by atoms with Crippen LogP contribution in [0.2, 0.25) is 0 Å². The molecule has 0 saturated heterocycles. The Morgan fingerprint density at radius 3 is 1.39 bits per heavy atom. The van der Waals surface area contributed by atoms with Crippen molar-refractivity contribution in [3.8, 4) is 0 Å². The molecule has 0 aromatic heterocycles. The van der Waals surface area contributed by atoms with Crippen molar-refractivity contribution in [3.63, 3.8) is 0 Å². The van der Waals surface area contributed by atoms with Gasteiger partial charge in [-0.2, -0.15) is 0 Å². The molecule has 0 aromatic carbocycles. The normalized spacial score (nSPS) is 11.8. The van der Waals surface area contributed by atoms with Crippen molar-refractivity contribution < 1.29 is 4.48 Å². The van der Waals surface area contributed by atoms with Gasteiger partial charge in [-0.05, 0) is 12.8 Å². The quantitative estimate of drug-likeness (QED) is 0.143. The van der Waals surface area contributed by atoms with Crippen LogP contribution in [0.1, 0.15) is 103 Å². The Balaban J connectivity index is 3.17. The fraction of sp³-hybridized carbons (Fsp3) is 0.909. The zero-order valence-electron chi connectivity index (χ0n) is 16.8. The lowest BCUT2D eigenvalue weighted by atomic mass is 10.0. The molecule has 0 unspecified atom stereocenters. The number of rotatable bonds is 18. The van der Waals surface area contributed by atoms with Crippen LogP contribution in [0, 0.1) is 0 Å². The predicted octanol–water partition coefficient (Wildman–Crippen LogP) is 7.12. The highest BCUT2D eigenvalue weighted by atomic mass is 15.3. The van der Waals surface area contributed by atoms with Gasteiger partial charge in [-0.3, -0.25) is 0 Å². The van der Waals surface area contributed by atoms with Crippen LogP contribution in [-0.4, -0.2) is 31.7 Å². The van der Waals surface area contributed by atoms with E-state index in [0.29, 0.717) is 0 Å². The van der Waals surface area contributed by atoms with E-state index in [1.165, 1.54) is 103 Å². The predicted molar refractivity (Wildman–Crippen MR) is 107 cm³/mol. The molecule has 0 spiro atoms. The average Bonchev–Trinajstić information content (AvgIpc) is 2.53. The first kappa shape index (κ1) is 22.7. The van der Waals surface area contributed by atoms with E-state index >= 15 is 0 Å². The third-order valence-electron chi connectivity index (χ3n) is 5.06. The van der Waals surface area contributed by atoms with E-state index in [0.717, 1.165) is 10.9 Å². The Labute approximate surface area is 148 Å². The molecular weight excluding hydrogens is 278 g/mol. The number of quaternary nitrogens is 1. The standard InChI is InChI=1S/C22H46N/c1-5-7-9-10-11-12-13-14-15-16-17-18-19-20-22-23(3,4)21-8-6-2/h6H,2,5,7-22H2,1,3-4H3/q+1. The molecule has 0 saturated carbocycles. The topological polar surface area (TPSA) is 0 Å². The van der Waals surface area contributed by atoms with E-state index in [-0.39, 0.29) is 0 Å². The fourth-order valence-electron chi connectivity index (χ4n) is 3.29. The summed E-state index contributed by atoms with van der Waals surface area (Å²) in [6.07, 6.45) is 23.5. The lowest BCUT2D eigenvalue weighted by molar-refractivity contribution is -0.890. The monoisotopic (exact) mass is 324 g/mol. The Morgan fingerprint density at radius 1 is 0.609 bits per heavy atom. The van der Waals surface area contributed by atoms with E-state index in [1.807, 2.05) is 6.08 Å². The SMILES string of the molecule is C=CCC[N+](C)(C)CCCCCCCCCCCCCCCC. The minimum absolute atomic E-state index is 1.14. The lowest BCUT2D eigenvalue weighted by Crippen LogP contribution is -2.40. The van der Waals surface area contributed by atoms with Gasteiger partial charge in [0.15, 0.2) is 0 Å².